The van der Waals surface area contributed by atoms with E-state index < -0.39 is 5.60 Å². The van der Waals surface area contributed by atoms with E-state index in [1.165, 1.54) is 11.1 Å². The van der Waals surface area contributed by atoms with Gasteiger partial charge in [-0.25, -0.2) is 0 Å². The molecule has 1 saturated heterocycles. The standard InChI is InChI=1S/C22H26N2O3/c1-3-9-24-10-8-21-17-13-4-5-14(25)18(17)27-19(21)22(26-2)7-6-20(21,12-15(22)23)16(24)11-13/h3-7,15-16,19,25H,1,8-12,23H2,2H3/t15?,16-,19-,20-,21+,22?/m1/s1. The van der Waals surface area contributed by atoms with E-state index in [0.717, 1.165) is 32.4 Å². The second-order valence-electron chi connectivity index (χ2n) is 8.91. The lowest BCUT2D eigenvalue weighted by Crippen LogP contribution is -2.81. The molecule has 4 aliphatic carbocycles. The summed E-state index contributed by atoms with van der Waals surface area (Å²) < 4.78 is 12.6. The van der Waals surface area contributed by atoms with E-state index >= 15 is 0 Å². The average molecular weight is 366 g/mol. The monoisotopic (exact) mass is 366 g/mol. The first-order valence-electron chi connectivity index (χ1n) is 9.92. The minimum Gasteiger partial charge on any atom is -0.504 e. The number of nitrogens with zero attached hydrogens (tertiary/aromatic N) is 1. The average Bonchev–Trinajstić information content (AvgIpc) is 3.03. The smallest absolute Gasteiger partial charge is 0.165 e. The van der Waals surface area contributed by atoms with Crippen molar-refractivity contribution < 1.29 is 14.6 Å². The van der Waals surface area contributed by atoms with Crippen molar-refractivity contribution in [3.8, 4) is 11.5 Å². The predicted molar refractivity (Wildman–Crippen MR) is 102 cm³/mol. The third-order valence-electron chi connectivity index (χ3n) is 8.33. The lowest BCUT2D eigenvalue weighted by Gasteiger charge is -2.70. The Morgan fingerprint density at radius 2 is 2.30 bits per heavy atom. The molecule has 5 heteroatoms. The van der Waals surface area contributed by atoms with Gasteiger partial charge >= 0.3 is 0 Å². The largest absolute Gasteiger partial charge is 0.504 e. The van der Waals surface area contributed by atoms with Gasteiger partial charge in [-0.15, -0.1) is 6.58 Å². The van der Waals surface area contributed by atoms with Gasteiger partial charge in [0, 0.05) is 36.7 Å². The summed E-state index contributed by atoms with van der Waals surface area (Å²) in [5.74, 6) is 0.899. The Balaban J connectivity index is 1.69. The second kappa shape index (κ2) is 4.77. The highest BCUT2D eigenvalue weighted by Crippen LogP contribution is 2.73. The Labute approximate surface area is 159 Å². The number of fused-ring (bicyclic) bond motifs is 1. The first-order chi connectivity index (χ1) is 13.0. The molecule has 0 radical (unpaired) electrons. The fourth-order valence-electron chi connectivity index (χ4n) is 7.37. The maximum Gasteiger partial charge on any atom is 0.165 e. The minimum absolute atomic E-state index is 0.0926. The molecule has 2 aliphatic heterocycles. The first-order valence-corrected chi connectivity index (χ1v) is 9.92. The van der Waals surface area contributed by atoms with Crippen LogP contribution in [0.15, 0.2) is 36.9 Å². The Hall–Kier alpha value is -1.82. The number of piperidine rings is 1. The van der Waals surface area contributed by atoms with Gasteiger partial charge in [0.05, 0.1) is 5.41 Å². The van der Waals surface area contributed by atoms with Crippen LogP contribution in [0, 0.1) is 5.41 Å². The molecule has 142 valence electrons. The van der Waals surface area contributed by atoms with E-state index in [9.17, 15) is 5.11 Å². The number of phenols is 1. The maximum atomic E-state index is 10.6. The van der Waals surface area contributed by atoms with Crippen molar-refractivity contribution >= 4 is 0 Å². The lowest BCUT2D eigenvalue weighted by molar-refractivity contribution is -0.196. The molecule has 7 rings (SSSR count). The van der Waals surface area contributed by atoms with Crippen LogP contribution in [0.1, 0.15) is 24.0 Å². The summed E-state index contributed by atoms with van der Waals surface area (Å²) in [7, 11) is 1.74. The number of phenolic OH excluding ortho intramolecular Hbond substituents is 1. The molecule has 1 aromatic carbocycles. The fraction of sp³-hybridized carbons (Fsp3) is 0.545. The first kappa shape index (κ1) is 16.2. The van der Waals surface area contributed by atoms with Crippen LogP contribution in [0.5, 0.6) is 11.5 Å². The summed E-state index contributed by atoms with van der Waals surface area (Å²) in [6.07, 6.45) is 9.18. The summed E-state index contributed by atoms with van der Waals surface area (Å²) in [6, 6.07) is 4.10. The topological polar surface area (TPSA) is 68.0 Å². The van der Waals surface area contributed by atoms with E-state index in [-0.39, 0.29) is 28.7 Å². The highest BCUT2D eigenvalue weighted by Gasteiger charge is 2.78. The molecule has 2 fully saturated rings. The SMILES string of the molecule is C=CCN1CC[C@]23c4c5ccc(O)c4O[C@H]2C2(OC)C=C[C@@]3(CC2N)[C@H]1C5. The number of ether oxygens (including phenoxy) is 2. The van der Waals surface area contributed by atoms with Gasteiger partial charge < -0.3 is 20.3 Å². The third-order valence-corrected chi connectivity index (χ3v) is 8.33. The number of aromatic hydroxyl groups is 1. The molecule has 2 heterocycles. The van der Waals surface area contributed by atoms with Gasteiger partial charge in [-0.3, -0.25) is 4.90 Å². The van der Waals surface area contributed by atoms with Crippen molar-refractivity contribution in [3.63, 3.8) is 0 Å². The van der Waals surface area contributed by atoms with Gasteiger partial charge in [0.25, 0.3) is 0 Å². The number of hydrogen-bond acceptors (Lipinski definition) is 5. The van der Waals surface area contributed by atoms with Crippen molar-refractivity contribution in [1.82, 2.24) is 4.90 Å². The van der Waals surface area contributed by atoms with Crippen molar-refractivity contribution in [2.45, 2.75) is 48.5 Å². The van der Waals surface area contributed by atoms with E-state index in [1.807, 2.05) is 6.08 Å². The molecule has 6 atom stereocenters. The maximum absolute atomic E-state index is 10.6. The molecule has 1 aromatic rings. The Bertz CT molecular complexity index is 898. The molecule has 0 aromatic heterocycles. The van der Waals surface area contributed by atoms with Crippen LogP contribution in [0.3, 0.4) is 0 Å². The second-order valence-corrected chi connectivity index (χ2v) is 8.91. The number of nitrogens with two attached hydrogens (primary N) is 1. The minimum atomic E-state index is -0.646. The molecular formula is C22H26N2O3. The van der Waals surface area contributed by atoms with Crippen LogP contribution >= 0.6 is 0 Å². The van der Waals surface area contributed by atoms with Gasteiger partial charge in [-0.1, -0.05) is 24.3 Å². The van der Waals surface area contributed by atoms with Gasteiger partial charge in [0.1, 0.15) is 11.7 Å². The van der Waals surface area contributed by atoms with Crippen molar-refractivity contribution in [2.24, 2.45) is 11.1 Å². The predicted octanol–water partition coefficient (Wildman–Crippen LogP) is 1.88. The van der Waals surface area contributed by atoms with E-state index in [1.54, 1.807) is 13.2 Å². The van der Waals surface area contributed by atoms with Gasteiger partial charge in [-0.2, -0.15) is 0 Å². The molecule has 1 saturated carbocycles. The number of hydrogen-bond donors (Lipinski definition) is 2. The van der Waals surface area contributed by atoms with Crippen molar-refractivity contribution in [1.29, 1.82) is 0 Å². The normalized spacial score (nSPS) is 45.5. The zero-order valence-corrected chi connectivity index (χ0v) is 15.6. The highest BCUT2D eigenvalue weighted by atomic mass is 16.6. The van der Waals surface area contributed by atoms with Crippen LogP contribution in [0.25, 0.3) is 0 Å². The van der Waals surface area contributed by atoms with Crippen LogP contribution in [0.2, 0.25) is 0 Å². The van der Waals surface area contributed by atoms with E-state index in [4.69, 9.17) is 15.2 Å². The van der Waals surface area contributed by atoms with Crippen LogP contribution in [-0.2, 0) is 16.6 Å². The molecule has 3 N–H and O–H groups in total. The zero-order valence-electron chi connectivity index (χ0n) is 15.6. The van der Waals surface area contributed by atoms with Crippen molar-refractivity contribution in [3.05, 3.63) is 48.1 Å². The van der Waals surface area contributed by atoms with Gasteiger partial charge in [-0.05, 0) is 37.4 Å². The van der Waals surface area contributed by atoms with Crippen LogP contribution in [-0.4, -0.2) is 54.0 Å². The van der Waals surface area contributed by atoms with E-state index in [2.05, 4.69) is 29.7 Å². The summed E-state index contributed by atoms with van der Waals surface area (Å²) in [6.45, 7) is 5.86. The molecule has 6 aliphatic rings. The Morgan fingerprint density at radius 3 is 3.04 bits per heavy atom. The van der Waals surface area contributed by atoms with E-state index in [0.29, 0.717) is 11.8 Å². The summed E-state index contributed by atoms with van der Waals surface area (Å²) in [4.78, 5) is 2.56. The van der Waals surface area contributed by atoms with Crippen molar-refractivity contribution in [2.75, 3.05) is 20.2 Å². The lowest BCUT2D eigenvalue weighted by atomic mass is 9.38. The summed E-state index contributed by atoms with van der Waals surface area (Å²) in [5.41, 5.74) is 8.34. The Kier molecular flexibility index (Phi) is 2.86. The number of likely N-dealkylation sites (tertiary alicyclic amines) is 1. The number of benzene rings is 1. The molecular weight excluding hydrogens is 340 g/mol. The molecule has 2 unspecified atom stereocenters. The van der Waals surface area contributed by atoms with Crippen LogP contribution < -0.4 is 10.5 Å². The Morgan fingerprint density at radius 1 is 1.44 bits per heavy atom. The van der Waals surface area contributed by atoms with Crippen LogP contribution in [0.4, 0.5) is 0 Å². The molecule has 27 heavy (non-hydrogen) atoms. The molecule has 5 nitrogen and oxygen atoms in total. The fourth-order valence-corrected chi connectivity index (χ4v) is 7.37. The molecule has 4 bridgehead atoms. The molecule has 0 amide bonds. The third kappa shape index (κ3) is 1.46. The summed E-state index contributed by atoms with van der Waals surface area (Å²) >= 11 is 0. The van der Waals surface area contributed by atoms with Gasteiger partial charge in [0.2, 0.25) is 0 Å². The van der Waals surface area contributed by atoms with Gasteiger partial charge in [0.15, 0.2) is 11.5 Å². The zero-order chi connectivity index (χ0) is 18.6. The highest BCUT2D eigenvalue weighted by molar-refractivity contribution is 5.65. The number of rotatable bonds is 3. The number of methoxy groups -OCH3 is 1. The molecule has 2 spiro atoms. The summed E-state index contributed by atoms with van der Waals surface area (Å²) in [5, 5.41) is 10.6. The quantitative estimate of drug-likeness (QED) is 0.800.